The first kappa shape index (κ1) is 18.6. The zero-order valence-corrected chi connectivity index (χ0v) is 17.5. The van der Waals surface area contributed by atoms with Crippen LogP contribution in [0, 0.1) is 6.92 Å². The van der Waals surface area contributed by atoms with Crippen molar-refractivity contribution in [3.8, 4) is 10.6 Å². The first-order valence-corrected chi connectivity index (χ1v) is 10.8. The maximum atomic E-state index is 12.8. The monoisotopic (exact) mass is 418 g/mol. The summed E-state index contributed by atoms with van der Waals surface area (Å²) in [5, 5.41) is 5.07. The van der Waals surface area contributed by atoms with E-state index < -0.39 is 0 Å². The largest absolute Gasteiger partial charge is 0.298 e. The lowest BCUT2D eigenvalue weighted by Gasteiger charge is -2.23. The topological polar surface area (TPSA) is 58.1 Å². The molecule has 1 amide bonds. The first-order chi connectivity index (χ1) is 13.0. The molecule has 0 fully saturated rings. The lowest BCUT2D eigenvalue weighted by Crippen LogP contribution is -2.29. The highest BCUT2D eigenvalue weighted by molar-refractivity contribution is 7.18. The van der Waals surface area contributed by atoms with Crippen molar-refractivity contribution in [3.63, 3.8) is 0 Å². The molecule has 0 unspecified atom stereocenters. The average molecular weight is 419 g/mol. The van der Waals surface area contributed by atoms with Crippen molar-refractivity contribution < 1.29 is 4.79 Å². The average Bonchev–Trinajstić information content (AvgIpc) is 3.23. The van der Waals surface area contributed by atoms with Crippen molar-refractivity contribution >= 4 is 45.3 Å². The molecule has 0 saturated carbocycles. The Hall–Kier alpha value is -1.80. The molecule has 1 aliphatic rings. The van der Waals surface area contributed by atoms with E-state index in [1.807, 2.05) is 31.2 Å². The highest BCUT2D eigenvalue weighted by Gasteiger charge is 2.22. The van der Waals surface area contributed by atoms with Crippen LogP contribution < -0.4 is 5.32 Å². The summed E-state index contributed by atoms with van der Waals surface area (Å²) in [6.07, 6.45) is 0.939. The van der Waals surface area contributed by atoms with Gasteiger partial charge in [-0.15, -0.1) is 22.7 Å². The van der Waals surface area contributed by atoms with Gasteiger partial charge in [-0.3, -0.25) is 15.0 Å². The normalized spacial score (nSPS) is 14.2. The van der Waals surface area contributed by atoms with E-state index in [4.69, 9.17) is 11.6 Å². The third-order valence-corrected chi connectivity index (χ3v) is 6.99. The number of thiazole rings is 2. The Morgan fingerprint density at radius 1 is 1.33 bits per heavy atom. The van der Waals surface area contributed by atoms with Crippen molar-refractivity contribution in [2.45, 2.75) is 26.8 Å². The van der Waals surface area contributed by atoms with Crippen molar-refractivity contribution in [2.75, 3.05) is 18.4 Å². The predicted molar refractivity (Wildman–Crippen MR) is 112 cm³/mol. The Bertz CT molecular complexity index is 998. The molecule has 3 heterocycles. The van der Waals surface area contributed by atoms with E-state index in [2.05, 4.69) is 27.1 Å². The minimum Gasteiger partial charge on any atom is -0.298 e. The zero-order valence-electron chi connectivity index (χ0n) is 15.1. The van der Waals surface area contributed by atoms with Gasteiger partial charge in [0.25, 0.3) is 5.91 Å². The molecule has 8 heteroatoms. The summed E-state index contributed by atoms with van der Waals surface area (Å²) in [5.74, 6) is -0.156. The number of halogens is 1. The van der Waals surface area contributed by atoms with Crippen LogP contribution in [0.5, 0.6) is 0 Å². The molecule has 2 aromatic heterocycles. The number of likely N-dealkylation sites (N-methyl/N-ethyl adjacent to an activating group) is 1. The quantitative estimate of drug-likeness (QED) is 0.657. The molecule has 5 nitrogen and oxygen atoms in total. The molecule has 0 radical (unpaired) electrons. The fourth-order valence-electron chi connectivity index (χ4n) is 3.08. The molecule has 1 aromatic carbocycles. The minimum absolute atomic E-state index is 0.156. The summed E-state index contributed by atoms with van der Waals surface area (Å²) >= 11 is 9.01. The number of nitrogens with one attached hydrogen (secondary N) is 1. The summed E-state index contributed by atoms with van der Waals surface area (Å²) in [7, 11) is 0. The van der Waals surface area contributed by atoms with Crippen LogP contribution in [0.1, 0.15) is 32.9 Å². The molecule has 0 bridgehead atoms. The van der Waals surface area contributed by atoms with Crippen molar-refractivity contribution in [1.82, 2.24) is 14.9 Å². The molecule has 1 aliphatic heterocycles. The van der Waals surface area contributed by atoms with Gasteiger partial charge in [-0.2, -0.15) is 0 Å². The molecule has 140 valence electrons. The lowest BCUT2D eigenvalue weighted by molar-refractivity contribution is 0.103. The van der Waals surface area contributed by atoms with Crippen LogP contribution in [0.3, 0.4) is 0 Å². The first-order valence-electron chi connectivity index (χ1n) is 8.79. The van der Waals surface area contributed by atoms with Gasteiger partial charge in [0.15, 0.2) is 5.13 Å². The molecule has 27 heavy (non-hydrogen) atoms. The SMILES string of the molecule is CCN1CCc2nc(NC(=O)c3sc(-c4cccc(Cl)c4)nc3C)sc2C1. The second-order valence-electron chi connectivity index (χ2n) is 6.41. The molecule has 3 aromatic rings. The third-order valence-electron chi connectivity index (χ3n) is 4.55. The lowest BCUT2D eigenvalue weighted by atomic mass is 10.2. The van der Waals surface area contributed by atoms with Gasteiger partial charge in [-0.05, 0) is 25.6 Å². The summed E-state index contributed by atoms with van der Waals surface area (Å²) in [6, 6.07) is 7.51. The Morgan fingerprint density at radius 3 is 2.96 bits per heavy atom. The van der Waals surface area contributed by atoms with Gasteiger partial charge in [0.1, 0.15) is 9.88 Å². The second kappa shape index (κ2) is 7.67. The highest BCUT2D eigenvalue weighted by atomic mass is 35.5. The van der Waals surface area contributed by atoms with Gasteiger partial charge in [-0.1, -0.05) is 30.7 Å². The molecular weight excluding hydrogens is 400 g/mol. The standard InChI is InChI=1S/C19H19ClN4OS2/c1-3-24-8-7-14-15(10-24)26-19(22-14)23-17(25)16-11(2)21-18(27-16)12-5-4-6-13(20)9-12/h4-6,9H,3,7-8,10H2,1-2H3,(H,22,23,25). The van der Waals surface area contributed by atoms with Gasteiger partial charge < -0.3 is 0 Å². The molecular formula is C19H19ClN4OS2. The predicted octanol–water partition coefficient (Wildman–Crippen LogP) is 4.86. The van der Waals surface area contributed by atoms with E-state index in [1.165, 1.54) is 16.2 Å². The smallest absolute Gasteiger partial charge is 0.269 e. The third kappa shape index (κ3) is 3.91. The number of anilines is 1. The van der Waals surface area contributed by atoms with Crippen LogP contribution in [0.2, 0.25) is 5.02 Å². The fourth-order valence-corrected chi connectivity index (χ4v) is 5.27. The van der Waals surface area contributed by atoms with E-state index in [1.54, 1.807) is 11.3 Å². The highest BCUT2D eigenvalue weighted by Crippen LogP contribution is 2.32. The van der Waals surface area contributed by atoms with Crippen LogP contribution in [-0.2, 0) is 13.0 Å². The minimum atomic E-state index is -0.156. The summed E-state index contributed by atoms with van der Waals surface area (Å²) in [6.45, 7) is 6.99. The maximum absolute atomic E-state index is 12.8. The van der Waals surface area contributed by atoms with E-state index in [9.17, 15) is 4.79 Å². The Labute approximate surface area is 171 Å². The Kier molecular flexibility index (Phi) is 5.27. The van der Waals surface area contributed by atoms with E-state index in [0.29, 0.717) is 20.7 Å². The van der Waals surface area contributed by atoms with E-state index in [-0.39, 0.29) is 5.91 Å². The molecule has 0 saturated heterocycles. The molecule has 0 aliphatic carbocycles. The summed E-state index contributed by atoms with van der Waals surface area (Å²) < 4.78 is 0. The molecule has 0 atom stereocenters. The van der Waals surface area contributed by atoms with Gasteiger partial charge in [-0.25, -0.2) is 9.97 Å². The van der Waals surface area contributed by atoms with Crippen LogP contribution in [0.4, 0.5) is 5.13 Å². The van der Waals surface area contributed by atoms with Gasteiger partial charge in [0.05, 0.1) is 11.4 Å². The summed E-state index contributed by atoms with van der Waals surface area (Å²) in [5.41, 5.74) is 2.74. The fraction of sp³-hybridized carbons (Fsp3) is 0.316. The van der Waals surface area contributed by atoms with E-state index >= 15 is 0 Å². The number of hydrogen-bond donors (Lipinski definition) is 1. The van der Waals surface area contributed by atoms with Crippen LogP contribution >= 0.6 is 34.3 Å². The molecule has 0 spiro atoms. The molecule has 4 rings (SSSR count). The number of amides is 1. The van der Waals surface area contributed by atoms with Crippen LogP contribution in [0.15, 0.2) is 24.3 Å². The number of benzene rings is 1. The number of rotatable bonds is 4. The molecule has 1 N–H and O–H groups in total. The zero-order chi connectivity index (χ0) is 19.0. The second-order valence-corrected chi connectivity index (χ2v) is 8.92. The van der Waals surface area contributed by atoms with Crippen molar-refractivity contribution in [3.05, 3.63) is 50.4 Å². The summed E-state index contributed by atoms with van der Waals surface area (Å²) in [4.78, 5) is 26.2. The number of carbonyl (C=O) groups excluding carboxylic acids is 1. The van der Waals surface area contributed by atoms with Gasteiger partial charge in [0.2, 0.25) is 0 Å². The van der Waals surface area contributed by atoms with Crippen molar-refractivity contribution in [1.29, 1.82) is 0 Å². The number of hydrogen-bond acceptors (Lipinski definition) is 6. The Balaban J connectivity index is 1.53. The van der Waals surface area contributed by atoms with Crippen molar-refractivity contribution in [2.24, 2.45) is 0 Å². The van der Waals surface area contributed by atoms with Gasteiger partial charge >= 0.3 is 0 Å². The van der Waals surface area contributed by atoms with Crippen LogP contribution in [-0.4, -0.2) is 33.9 Å². The van der Waals surface area contributed by atoms with Gasteiger partial charge in [0, 0.05) is 35.0 Å². The number of fused-ring (bicyclic) bond motifs is 1. The number of nitrogens with zero attached hydrogens (tertiary/aromatic N) is 3. The van der Waals surface area contributed by atoms with Crippen LogP contribution in [0.25, 0.3) is 10.6 Å². The number of aryl methyl sites for hydroxylation is 1. The number of carbonyl (C=O) groups is 1. The number of aromatic nitrogens is 2. The maximum Gasteiger partial charge on any atom is 0.269 e. The Morgan fingerprint density at radius 2 is 2.19 bits per heavy atom. The van der Waals surface area contributed by atoms with E-state index in [0.717, 1.165) is 42.3 Å².